The second-order valence-electron chi connectivity index (χ2n) is 7.69. The average molecular weight is 456 g/mol. The maximum Gasteiger partial charge on any atom is 0.200 e. The number of ether oxygens (including phenoxy) is 2. The summed E-state index contributed by atoms with van der Waals surface area (Å²) in [7, 11) is 1.54. The average Bonchev–Trinajstić information content (AvgIpc) is 3.32. The molecular formula is C23H26F2N6O2. The smallest absolute Gasteiger partial charge is 0.200 e. The maximum atomic E-state index is 13.9. The topological polar surface area (TPSA) is 97.9 Å². The van der Waals surface area contributed by atoms with Crippen molar-refractivity contribution >= 4 is 28.4 Å². The molecule has 3 N–H and O–H groups in total. The number of nitrogens with one attached hydrogen (secondary N) is 1. The monoisotopic (exact) mass is 456 g/mol. The summed E-state index contributed by atoms with van der Waals surface area (Å²) in [6.45, 7) is 3.87. The number of anilines is 1. The molecule has 0 unspecified atom stereocenters. The van der Waals surface area contributed by atoms with Gasteiger partial charge in [0.25, 0.3) is 0 Å². The molecule has 8 nitrogen and oxygen atoms in total. The highest BCUT2D eigenvalue weighted by Crippen LogP contribution is 2.35. The highest BCUT2D eigenvalue weighted by atomic mass is 19.1. The standard InChI is InChI=1S/C23H26F2N6O2/c1-32-19-12-15-18(13-20(19)33-11-5-10-31-8-2-3-9-31)27-14-28-22(15)30-23(26)29-21-16(24)6-4-7-17(21)25/h4,6-7,12-14H,2-3,5,8-11H2,1H3,(H3,26,27,28,29,30). The van der Waals surface area contributed by atoms with E-state index in [2.05, 4.69) is 25.2 Å². The van der Waals surface area contributed by atoms with Crippen LogP contribution in [0.1, 0.15) is 19.3 Å². The van der Waals surface area contributed by atoms with E-state index < -0.39 is 11.6 Å². The molecule has 0 radical (unpaired) electrons. The maximum absolute atomic E-state index is 13.9. The Bertz CT molecular complexity index is 1130. The van der Waals surface area contributed by atoms with Gasteiger partial charge in [-0.1, -0.05) is 6.07 Å². The number of aromatic nitrogens is 2. The lowest BCUT2D eigenvalue weighted by Gasteiger charge is -2.16. The number of likely N-dealkylation sites (tertiary alicyclic amines) is 1. The van der Waals surface area contributed by atoms with Gasteiger partial charge in [-0.25, -0.2) is 18.7 Å². The van der Waals surface area contributed by atoms with Crippen molar-refractivity contribution in [2.75, 3.05) is 38.7 Å². The summed E-state index contributed by atoms with van der Waals surface area (Å²) in [5.41, 5.74) is 6.07. The molecule has 2 aromatic carbocycles. The van der Waals surface area contributed by atoms with E-state index in [4.69, 9.17) is 15.2 Å². The summed E-state index contributed by atoms with van der Waals surface area (Å²) >= 11 is 0. The lowest BCUT2D eigenvalue weighted by Crippen LogP contribution is -2.23. The van der Waals surface area contributed by atoms with E-state index >= 15 is 0 Å². The van der Waals surface area contributed by atoms with E-state index in [-0.39, 0.29) is 17.5 Å². The fourth-order valence-electron chi connectivity index (χ4n) is 3.78. The predicted molar refractivity (Wildman–Crippen MR) is 123 cm³/mol. The normalized spacial score (nSPS) is 14.6. The zero-order chi connectivity index (χ0) is 23.2. The first kappa shape index (κ1) is 22.7. The van der Waals surface area contributed by atoms with Gasteiger partial charge >= 0.3 is 0 Å². The van der Waals surface area contributed by atoms with Gasteiger partial charge in [0, 0.05) is 18.0 Å². The number of hydrogen-bond acceptors (Lipinski definition) is 6. The number of aliphatic imine (C=N–C) groups is 1. The Morgan fingerprint density at radius 1 is 1.15 bits per heavy atom. The number of guanidine groups is 1. The van der Waals surface area contributed by atoms with E-state index in [1.54, 1.807) is 19.2 Å². The third-order valence-electron chi connectivity index (χ3n) is 5.42. The fourth-order valence-corrected chi connectivity index (χ4v) is 3.78. The van der Waals surface area contributed by atoms with Crippen LogP contribution in [-0.2, 0) is 0 Å². The van der Waals surface area contributed by atoms with Crippen LogP contribution in [0.3, 0.4) is 0 Å². The van der Waals surface area contributed by atoms with Gasteiger partial charge in [-0.2, -0.15) is 4.99 Å². The van der Waals surface area contributed by atoms with Crippen LogP contribution in [0.25, 0.3) is 10.9 Å². The second-order valence-corrected chi connectivity index (χ2v) is 7.69. The number of fused-ring (bicyclic) bond motifs is 1. The van der Waals surface area contributed by atoms with Crippen LogP contribution < -0.4 is 20.5 Å². The number of nitrogens with two attached hydrogens (primary N) is 1. The number of nitrogens with zero attached hydrogens (tertiary/aromatic N) is 4. The summed E-state index contributed by atoms with van der Waals surface area (Å²) in [6, 6.07) is 6.97. The number of para-hydroxylation sites is 1. The Morgan fingerprint density at radius 3 is 2.64 bits per heavy atom. The summed E-state index contributed by atoms with van der Waals surface area (Å²) in [5.74, 6) is -0.496. The van der Waals surface area contributed by atoms with Crippen molar-refractivity contribution in [1.29, 1.82) is 0 Å². The number of benzene rings is 2. The molecule has 0 aliphatic carbocycles. The van der Waals surface area contributed by atoms with Crippen LogP contribution in [0.15, 0.2) is 41.7 Å². The van der Waals surface area contributed by atoms with Crippen molar-refractivity contribution < 1.29 is 18.3 Å². The molecule has 2 heterocycles. The van der Waals surface area contributed by atoms with Gasteiger partial charge in [0.05, 0.1) is 19.2 Å². The van der Waals surface area contributed by atoms with E-state index in [0.717, 1.165) is 38.2 Å². The van der Waals surface area contributed by atoms with Crippen LogP contribution in [0.5, 0.6) is 11.5 Å². The van der Waals surface area contributed by atoms with Crippen molar-refractivity contribution in [3.8, 4) is 11.5 Å². The summed E-state index contributed by atoms with van der Waals surface area (Å²) in [4.78, 5) is 15.1. The predicted octanol–water partition coefficient (Wildman–Crippen LogP) is 3.84. The van der Waals surface area contributed by atoms with Crippen LogP contribution in [0.2, 0.25) is 0 Å². The first-order valence-electron chi connectivity index (χ1n) is 10.8. The van der Waals surface area contributed by atoms with Crippen molar-refractivity contribution in [3.63, 3.8) is 0 Å². The molecule has 174 valence electrons. The Morgan fingerprint density at radius 2 is 1.91 bits per heavy atom. The van der Waals surface area contributed by atoms with Gasteiger partial charge in [0.2, 0.25) is 0 Å². The zero-order valence-electron chi connectivity index (χ0n) is 18.4. The molecule has 10 heteroatoms. The summed E-state index contributed by atoms with van der Waals surface area (Å²) < 4.78 is 39.2. The van der Waals surface area contributed by atoms with E-state index in [1.807, 2.05) is 0 Å². The van der Waals surface area contributed by atoms with Gasteiger partial charge < -0.3 is 25.4 Å². The van der Waals surface area contributed by atoms with Crippen molar-refractivity contribution in [2.24, 2.45) is 10.7 Å². The van der Waals surface area contributed by atoms with Crippen LogP contribution >= 0.6 is 0 Å². The molecule has 0 atom stereocenters. The molecule has 33 heavy (non-hydrogen) atoms. The largest absolute Gasteiger partial charge is 0.493 e. The summed E-state index contributed by atoms with van der Waals surface area (Å²) in [5, 5.41) is 3.00. The van der Waals surface area contributed by atoms with Gasteiger partial charge in [0.15, 0.2) is 23.3 Å². The van der Waals surface area contributed by atoms with E-state index in [1.165, 1.54) is 25.2 Å². The highest BCUT2D eigenvalue weighted by Gasteiger charge is 2.14. The Labute approximate surface area is 190 Å². The first-order chi connectivity index (χ1) is 16.0. The van der Waals surface area contributed by atoms with Crippen LogP contribution in [0, 0.1) is 11.6 Å². The quantitative estimate of drug-likeness (QED) is 0.302. The van der Waals surface area contributed by atoms with Crippen molar-refractivity contribution in [3.05, 3.63) is 48.3 Å². The van der Waals surface area contributed by atoms with Gasteiger partial charge in [-0.15, -0.1) is 0 Å². The molecule has 1 saturated heterocycles. The second kappa shape index (κ2) is 10.4. The third-order valence-corrected chi connectivity index (χ3v) is 5.42. The molecular weight excluding hydrogens is 430 g/mol. The Balaban J connectivity index is 1.52. The lowest BCUT2D eigenvalue weighted by molar-refractivity contribution is 0.254. The van der Waals surface area contributed by atoms with Gasteiger partial charge in [-0.3, -0.25) is 0 Å². The van der Waals surface area contributed by atoms with Crippen LogP contribution in [0.4, 0.5) is 20.3 Å². The molecule has 0 bridgehead atoms. The van der Waals surface area contributed by atoms with Crippen molar-refractivity contribution in [1.82, 2.24) is 14.9 Å². The SMILES string of the molecule is COc1cc2c(N=C(N)Nc3c(F)cccc3F)ncnc2cc1OCCCN1CCCC1. The zero-order valence-corrected chi connectivity index (χ0v) is 18.4. The molecule has 0 spiro atoms. The molecule has 1 aliphatic heterocycles. The number of methoxy groups -OCH3 is 1. The lowest BCUT2D eigenvalue weighted by atomic mass is 10.2. The fraction of sp³-hybridized carbons (Fsp3) is 0.348. The Kier molecular flexibility index (Phi) is 7.13. The number of halogens is 2. The van der Waals surface area contributed by atoms with Crippen molar-refractivity contribution in [2.45, 2.75) is 19.3 Å². The third kappa shape index (κ3) is 5.46. The highest BCUT2D eigenvalue weighted by molar-refractivity contribution is 5.98. The van der Waals surface area contributed by atoms with Gasteiger partial charge in [0.1, 0.15) is 23.6 Å². The molecule has 1 aliphatic rings. The Hall–Kier alpha value is -3.53. The molecule has 0 saturated carbocycles. The van der Waals surface area contributed by atoms with Gasteiger partial charge in [-0.05, 0) is 50.6 Å². The molecule has 3 aromatic rings. The van der Waals surface area contributed by atoms with E-state index in [0.29, 0.717) is 29.0 Å². The molecule has 1 aromatic heterocycles. The molecule has 0 amide bonds. The first-order valence-corrected chi connectivity index (χ1v) is 10.8. The van der Waals surface area contributed by atoms with Crippen LogP contribution in [-0.4, -0.2) is 54.2 Å². The molecule has 4 rings (SSSR count). The summed E-state index contributed by atoms with van der Waals surface area (Å²) in [6.07, 6.45) is 4.77. The minimum absolute atomic E-state index is 0.222. The number of rotatable bonds is 8. The minimum Gasteiger partial charge on any atom is -0.493 e. The number of hydrogen-bond donors (Lipinski definition) is 2. The minimum atomic E-state index is -0.783. The molecule has 1 fully saturated rings. The van der Waals surface area contributed by atoms with E-state index in [9.17, 15) is 8.78 Å².